The van der Waals surface area contributed by atoms with Crippen LogP contribution in [-0.2, 0) is 20.8 Å². The Hall–Kier alpha value is -2.09. The third kappa shape index (κ3) is 4.44. The molecule has 0 atom stereocenters. The van der Waals surface area contributed by atoms with E-state index in [4.69, 9.17) is 0 Å². The molecule has 1 aromatic rings. The maximum atomic E-state index is 12.4. The van der Waals surface area contributed by atoms with Crippen LogP contribution in [0.1, 0.15) is 17.5 Å². The van der Waals surface area contributed by atoms with Crippen LogP contribution in [0.4, 0.5) is 13.2 Å². The molecule has 4 nitrogen and oxygen atoms in total. The molecule has 0 bridgehead atoms. The van der Waals surface area contributed by atoms with Gasteiger partial charge in [0, 0.05) is 6.54 Å². The first-order valence-corrected chi connectivity index (χ1v) is 8.42. The molecular formula is C15H14F3NO3S. The van der Waals surface area contributed by atoms with Crippen LogP contribution in [-0.4, -0.2) is 26.6 Å². The first-order chi connectivity index (χ1) is 10.7. The Kier molecular flexibility index (Phi) is 4.93. The lowest BCUT2D eigenvalue weighted by Gasteiger charge is -2.05. The summed E-state index contributed by atoms with van der Waals surface area (Å²) in [5.41, 5.74) is -0.306. The molecule has 124 valence electrons. The lowest BCUT2D eigenvalue weighted by Crippen LogP contribution is -2.25. The SMILES string of the molecule is O=C1NCCCS(=O)(=O)/C1=C/C=C/c1ccc(C(F)(F)F)cc1. The van der Waals surface area contributed by atoms with Crippen molar-refractivity contribution in [2.75, 3.05) is 12.3 Å². The molecule has 1 heterocycles. The number of alkyl halides is 3. The lowest BCUT2D eigenvalue weighted by atomic mass is 10.1. The molecule has 0 spiro atoms. The lowest BCUT2D eigenvalue weighted by molar-refractivity contribution is -0.137. The minimum Gasteiger partial charge on any atom is -0.351 e. The second-order valence-electron chi connectivity index (χ2n) is 4.94. The first-order valence-electron chi connectivity index (χ1n) is 6.77. The molecule has 1 aromatic carbocycles. The van der Waals surface area contributed by atoms with Crippen molar-refractivity contribution in [3.8, 4) is 0 Å². The predicted molar refractivity (Wildman–Crippen MR) is 80.0 cm³/mol. The van der Waals surface area contributed by atoms with Gasteiger partial charge < -0.3 is 5.32 Å². The molecule has 1 fully saturated rings. The molecule has 1 amide bonds. The summed E-state index contributed by atoms with van der Waals surface area (Å²) >= 11 is 0. The molecule has 0 saturated carbocycles. The van der Waals surface area contributed by atoms with Crippen LogP contribution in [0.3, 0.4) is 0 Å². The number of hydrogen-bond acceptors (Lipinski definition) is 3. The number of amides is 1. The normalized spacial score (nSPS) is 20.5. The molecule has 0 radical (unpaired) electrons. The van der Waals surface area contributed by atoms with Gasteiger partial charge in [-0.25, -0.2) is 8.42 Å². The maximum absolute atomic E-state index is 12.4. The topological polar surface area (TPSA) is 63.2 Å². The Morgan fingerprint density at radius 1 is 1.13 bits per heavy atom. The van der Waals surface area contributed by atoms with Crippen LogP contribution in [0.5, 0.6) is 0 Å². The molecule has 1 saturated heterocycles. The largest absolute Gasteiger partial charge is 0.416 e. The van der Waals surface area contributed by atoms with Crippen LogP contribution in [0.15, 0.2) is 41.3 Å². The average molecular weight is 345 g/mol. The third-order valence-corrected chi connectivity index (χ3v) is 5.03. The number of carbonyl (C=O) groups is 1. The Labute approximate surface area is 131 Å². The van der Waals surface area contributed by atoms with Crippen molar-refractivity contribution in [1.82, 2.24) is 5.32 Å². The van der Waals surface area contributed by atoms with E-state index in [0.29, 0.717) is 12.0 Å². The van der Waals surface area contributed by atoms with Crippen molar-refractivity contribution in [3.05, 3.63) is 52.4 Å². The monoisotopic (exact) mass is 345 g/mol. The van der Waals surface area contributed by atoms with Gasteiger partial charge in [0.25, 0.3) is 5.91 Å². The summed E-state index contributed by atoms with van der Waals surface area (Å²) in [7, 11) is -3.64. The van der Waals surface area contributed by atoms with E-state index in [1.165, 1.54) is 24.3 Å². The number of benzene rings is 1. The fourth-order valence-electron chi connectivity index (χ4n) is 2.01. The summed E-state index contributed by atoms with van der Waals surface area (Å²) in [6.07, 6.45) is -0.139. The highest BCUT2D eigenvalue weighted by Gasteiger charge is 2.30. The highest BCUT2D eigenvalue weighted by atomic mass is 32.2. The zero-order valence-corrected chi connectivity index (χ0v) is 12.7. The summed E-state index contributed by atoms with van der Waals surface area (Å²) in [5.74, 6) is -0.786. The first kappa shape index (κ1) is 17.3. The summed E-state index contributed by atoms with van der Waals surface area (Å²) in [5, 5.41) is 2.48. The highest BCUT2D eigenvalue weighted by molar-refractivity contribution is 7.96. The molecule has 1 aliphatic heterocycles. The van der Waals surface area contributed by atoms with Crippen LogP contribution in [0.25, 0.3) is 6.08 Å². The molecule has 1 N–H and O–H groups in total. The molecule has 0 aromatic heterocycles. The zero-order chi connectivity index (χ0) is 17.1. The Morgan fingerprint density at radius 2 is 1.78 bits per heavy atom. The molecule has 0 unspecified atom stereocenters. The summed E-state index contributed by atoms with van der Waals surface area (Å²) in [4.78, 5) is 11.4. The van der Waals surface area contributed by atoms with Gasteiger partial charge in [0.05, 0.1) is 11.3 Å². The van der Waals surface area contributed by atoms with Crippen LogP contribution < -0.4 is 5.32 Å². The van der Waals surface area contributed by atoms with Crippen molar-refractivity contribution < 1.29 is 26.4 Å². The quantitative estimate of drug-likeness (QED) is 0.838. The Balaban J connectivity index is 2.20. The molecular weight excluding hydrogens is 331 g/mol. The number of nitrogens with one attached hydrogen (secondary N) is 1. The van der Waals surface area contributed by atoms with Gasteiger partial charge in [-0.15, -0.1) is 0 Å². The van der Waals surface area contributed by atoms with Crippen molar-refractivity contribution in [2.45, 2.75) is 12.6 Å². The minimum absolute atomic E-state index is 0.119. The third-order valence-electron chi connectivity index (χ3n) is 3.21. The van der Waals surface area contributed by atoms with E-state index in [-0.39, 0.29) is 17.2 Å². The minimum atomic E-state index is -4.41. The van der Waals surface area contributed by atoms with Gasteiger partial charge in [0.1, 0.15) is 4.91 Å². The smallest absolute Gasteiger partial charge is 0.351 e. The van der Waals surface area contributed by atoms with Gasteiger partial charge in [-0.1, -0.05) is 24.3 Å². The van der Waals surface area contributed by atoms with Crippen molar-refractivity contribution in [3.63, 3.8) is 0 Å². The maximum Gasteiger partial charge on any atom is 0.416 e. The van der Waals surface area contributed by atoms with Gasteiger partial charge in [0.15, 0.2) is 9.84 Å². The summed E-state index contributed by atoms with van der Waals surface area (Å²) in [6, 6.07) is 4.39. The van der Waals surface area contributed by atoms with E-state index < -0.39 is 27.5 Å². The van der Waals surface area contributed by atoms with E-state index in [1.807, 2.05) is 0 Å². The summed E-state index contributed by atoms with van der Waals surface area (Å²) in [6.45, 7) is 0.290. The Bertz CT molecular complexity index is 747. The number of rotatable bonds is 2. The second-order valence-corrected chi connectivity index (χ2v) is 7.02. The number of carbonyl (C=O) groups excluding carboxylic acids is 1. The van der Waals surface area contributed by atoms with E-state index >= 15 is 0 Å². The van der Waals surface area contributed by atoms with Crippen LogP contribution >= 0.6 is 0 Å². The number of hydrogen-bond donors (Lipinski definition) is 1. The van der Waals surface area contributed by atoms with Gasteiger partial charge in [0.2, 0.25) is 0 Å². The number of sulfone groups is 1. The predicted octanol–water partition coefficient (Wildman–Crippen LogP) is 2.54. The van der Waals surface area contributed by atoms with Crippen LogP contribution in [0, 0.1) is 0 Å². The molecule has 8 heteroatoms. The highest BCUT2D eigenvalue weighted by Crippen LogP contribution is 2.29. The van der Waals surface area contributed by atoms with Crippen molar-refractivity contribution in [1.29, 1.82) is 0 Å². The summed E-state index contributed by atoms with van der Waals surface area (Å²) < 4.78 is 61.2. The molecule has 23 heavy (non-hydrogen) atoms. The van der Waals surface area contributed by atoms with E-state index in [1.54, 1.807) is 0 Å². The second kappa shape index (κ2) is 6.57. The Morgan fingerprint density at radius 3 is 2.39 bits per heavy atom. The van der Waals surface area contributed by atoms with Gasteiger partial charge in [-0.05, 0) is 30.2 Å². The van der Waals surface area contributed by atoms with Gasteiger partial charge >= 0.3 is 6.18 Å². The molecule has 1 aliphatic rings. The fraction of sp³-hybridized carbons (Fsp3) is 0.267. The average Bonchev–Trinajstić information content (AvgIpc) is 2.59. The number of halogens is 3. The molecule has 0 aliphatic carbocycles. The van der Waals surface area contributed by atoms with Gasteiger partial charge in [-0.2, -0.15) is 13.2 Å². The zero-order valence-electron chi connectivity index (χ0n) is 11.9. The van der Waals surface area contributed by atoms with Crippen molar-refractivity contribution in [2.24, 2.45) is 0 Å². The van der Waals surface area contributed by atoms with E-state index in [0.717, 1.165) is 18.2 Å². The van der Waals surface area contributed by atoms with Gasteiger partial charge in [-0.3, -0.25) is 4.79 Å². The standard InChI is InChI=1S/C15H14F3NO3S/c16-15(17,18)12-7-5-11(6-8-12)3-1-4-13-14(20)19-9-2-10-23(13,21)22/h1,3-8H,2,9-10H2,(H,19,20)/b3-1+,13-4+. The van der Waals surface area contributed by atoms with E-state index in [2.05, 4.69) is 5.32 Å². The van der Waals surface area contributed by atoms with Crippen LogP contribution in [0.2, 0.25) is 0 Å². The fourth-order valence-corrected chi connectivity index (χ4v) is 3.40. The number of allylic oxidation sites excluding steroid dienone is 2. The van der Waals surface area contributed by atoms with E-state index in [9.17, 15) is 26.4 Å². The molecule has 2 rings (SSSR count). The van der Waals surface area contributed by atoms with Crippen molar-refractivity contribution >= 4 is 21.8 Å².